The van der Waals surface area contributed by atoms with Crippen molar-refractivity contribution >= 4 is 55.4 Å². The Kier molecular flexibility index (Phi) is 10.1. The van der Waals surface area contributed by atoms with E-state index in [2.05, 4.69) is 31.9 Å². The zero-order chi connectivity index (χ0) is 14.1. The minimum atomic E-state index is -0.535. The topological polar surface area (TPSA) is 52.6 Å². The summed E-state index contributed by atoms with van der Waals surface area (Å²) in [7, 11) is 0. The van der Waals surface area contributed by atoms with Crippen molar-refractivity contribution < 1.29 is 19.1 Å². The van der Waals surface area contributed by atoms with Gasteiger partial charge in [-0.05, 0) is 6.42 Å². The third kappa shape index (κ3) is 8.32. The van der Waals surface area contributed by atoms with E-state index in [-0.39, 0.29) is 18.0 Å². The molecule has 18 heavy (non-hydrogen) atoms. The van der Waals surface area contributed by atoms with Crippen LogP contribution in [-0.4, -0.2) is 33.8 Å². The second-order valence-electron chi connectivity index (χ2n) is 3.77. The molecule has 0 spiro atoms. The van der Waals surface area contributed by atoms with Crippen LogP contribution in [0.2, 0.25) is 0 Å². The number of hydrogen-bond acceptors (Lipinski definition) is 4. The summed E-state index contributed by atoms with van der Waals surface area (Å²) in [5.74, 6) is -0.602. The minimum Gasteiger partial charge on any atom is -0.461 e. The van der Waals surface area contributed by atoms with Crippen LogP contribution in [0, 0.1) is 0 Å². The lowest BCUT2D eigenvalue weighted by atomic mass is 10.1. The van der Waals surface area contributed by atoms with Crippen molar-refractivity contribution in [2.24, 2.45) is 0 Å². The number of halogens is 3. The molecule has 0 N–H and O–H groups in total. The molecule has 0 amide bonds. The Hall–Kier alpha value is 0.190. The predicted octanol–water partition coefficient (Wildman–Crippen LogP) is 3.37. The van der Waals surface area contributed by atoms with Gasteiger partial charge in [0.2, 0.25) is 0 Å². The lowest BCUT2D eigenvalue weighted by molar-refractivity contribution is -0.151. The Bertz CT molecular complexity index is 274. The molecule has 7 heteroatoms. The van der Waals surface area contributed by atoms with Gasteiger partial charge in [-0.1, -0.05) is 45.2 Å². The first kappa shape index (κ1) is 18.2. The van der Waals surface area contributed by atoms with Crippen molar-refractivity contribution in [2.45, 2.75) is 49.1 Å². The molecule has 106 valence electrons. The molecule has 0 aromatic heterocycles. The van der Waals surface area contributed by atoms with Crippen LogP contribution in [0.5, 0.6) is 0 Å². The third-order valence-electron chi connectivity index (χ3n) is 2.10. The van der Waals surface area contributed by atoms with Crippen molar-refractivity contribution in [3.8, 4) is 0 Å². The number of ether oxygens (including phenoxy) is 2. The molecule has 0 aliphatic heterocycles. The molecule has 0 aromatic rings. The molecule has 2 unspecified atom stereocenters. The van der Waals surface area contributed by atoms with Gasteiger partial charge in [-0.3, -0.25) is 4.79 Å². The van der Waals surface area contributed by atoms with E-state index in [1.54, 1.807) is 0 Å². The molecular formula is C11H17Br2ClO4. The fourth-order valence-electron chi connectivity index (χ4n) is 1.43. The van der Waals surface area contributed by atoms with Crippen LogP contribution in [0.1, 0.15) is 33.1 Å². The smallest absolute Gasteiger partial charge is 0.330 e. The van der Waals surface area contributed by atoms with Gasteiger partial charge in [-0.2, -0.15) is 0 Å². The summed E-state index contributed by atoms with van der Waals surface area (Å²) >= 11 is 11.9. The van der Waals surface area contributed by atoms with Gasteiger partial charge in [-0.25, -0.2) is 4.79 Å². The van der Waals surface area contributed by atoms with E-state index in [9.17, 15) is 9.59 Å². The molecule has 4 nitrogen and oxygen atoms in total. The van der Waals surface area contributed by atoms with Gasteiger partial charge in [-0.15, -0.1) is 11.6 Å². The lowest BCUT2D eigenvalue weighted by Gasteiger charge is -2.22. The maximum absolute atomic E-state index is 11.5. The van der Waals surface area contributed by atoms with Gasteiger partial charge in [0.15, 0.2) is 3.74 Å². The number of hydrogen-bond donors (Lipinski definition) is 0. The highest BCUT2D eigenvalue weighted by molar-refractivity contribution is 9.25. The summed E-state index contributed by atoms with van der Waals surface area (Å²) in [6, 6.07) is 0. The molecule has 0 radical (unpaired) electrons. The molecule has 0 saturated heterocycles. The monoisotopic (exact) mass is 406 g/mol. The number of rotatable bonds is 8. The summed E-state index contributed by atoms with van der Waals surface area (Å²) < 4.78 is 9.78. The maximum atomic E-state index is 11.5. The summed E-state index contributed by atoms with van der Waals surface area (Å²) in [5.41, 5.74) is 0. The van der Waals surface area contributed by atoms with E-state index in [0.29, 0.717) is 12.8 Å². The normalized spacial score (nSPS) is 14.1. The van der Waals surface area contributed by atoms with Crippen LogP contribution in [0.3, 0.4) is 0 Å². The molecule has 0 heterocycles. The molecule has 0 bridgehead atoms. The Morgan fingerprint density at radius 3 is 2.22 bits per heavy atom. The molecule has 0 aliphatic rings. The molecule has 0 aromatic carbocycles. The number of carbonyl (C=O) groups excluding carboxylic acids is 2. The molecule has 0 fully saturated rings. The van der Waals surface area contributed by atoms with E-state index in [0.717, 1.165) is 6.42 Å². The summed E-state index contributed by atoms with van der Waals surface area (Å²) in [6.07, 6.45) is 1.24. The first-order chi connectivity index (χ1) is 8.40. The van der Waals surface area contributed by atoms with E-state index < -0.39 is 15.8 Å². The zero-order valence-corrected chi connectivity index (χ0v) is 14.3. The molecule has 2 atom stereocenters. The van der Waals surface area contributed by atoms with Crippen LogP contribution in [-0.2, 0) is 19.1 Å². The third-order valence-corrected chi connectivity index (χ3v) is 3.19. The Morgan fingerprint density at radius 1 is 1.22 bits per heavy atom. The van der Waals surface area contributed by atoms with Gasteiger partial charge in [0.05, 0.1) is 5.88 Å². The van der Waals surface area contributed by atoms with Gasteiger partial charge in [0.1, 0.15) is 12.2 Å². The first-order valence-electron chi connectivity index (χ1n) is 5.62. The Balaban J connectivity index is 4.39. The fourth-order valence-corrected chi connectivity index (χ4v) is 1.84. The van der Waals surface area contributed by atoms with Gasteiger partial charge in [0.25, 0.3) is 0 Å². The Morgan fingerprint density at radius 2 is 1.83 bits per heavy atom. The predicted molar refractivity (Wildman–Crippen MR) is 77.3 cm³/mol. The number of carbonyl (C=O) groups is 2. The molecular weight excluding hydrogens is 391 g/mol. The van der Waals surface area contributed by atoms with Crippen molar-refractivity contribution in [1.82, 2.24) is 0 Å². The van der Waals surface area contributed by atoms with Gasteiger partial charge >= 0.3 is 11.9 Å². The maximum Gasteiger partial charge on any atom is 0.330 e. The van der Waals surface area contributed by atoms with Crippen molar-refractivity contribution in [3.63, 3.8) is 0 Å². The number of alkyl halides is 3. The standard InChI is InChI=1S/C11H17Br2ClO4/c1-3-4-8(18-11(16)10(12)13)5-9(6-14)17-7(2)15/h8-10H,3-6H2,1-2H3. The SMILES string of the molecule is CCCC(CC(CCl)OC(C)=O)OC(=O)C(Br)Br. The minimum absolute atomic E-state index is 0.184. The second-order valence-corrected chi connectivity index (χ2v) is 7.14. The van der Waals surface area contributed by atoms with E-state index in [1.807, 2.05) is 6.92 Å². The van der Waals surface area contributed by atoms with Crippen molar-refractivity contribution in [2.75, 3.05) is 5.88 Å². The first-order valence-corrected chi connectivity index (χ1v) is 7.99. The van der Waals surface area contributed by atoms with Crippen LogP contribution < -0.4 is 0 Å². The molecule has 0 rings (SSSR count). The average Bonchev–Trinajstić information content (AvgIpc) is 2.27. The van der Waals surface area contributed by atoms with Crippen LogP contribution in [0.25, 0.3) is 0 Å². The molecule has 0 saturated carbocycles. The summed E-state index contributed by atoms with van der Waals surface area (Å²) in [6.45, 7) is 3.31. The summed E-state index contributed by atoms with van der Waals surface area (Å²) in [5, 5.41) is 0. The largest absolute Gasteiger partial charge is 0.461 e. The highest BCUT2D eigenvalue weighted by atomic mass is 79.9. The van der Waals surface area contributed by atoms with E-state index >= 15 is 0 Å². The zero-order valence-electron chi connectivity index (χ0n) is 10.3. The number of esters is 2. The highest BCUT2D eigenvalue weighted by Gasteiger charge is 2.23. The average molecular weight is 409 g/mol. The van der Waals surface area contributed by atoms with Crippen molar-refractivity contribution in [3.05, 3.63) is 0 Å². The van der Waals surface area contributed by atoms with E-state index in [1.165, 1.54) is 6.92 Å². The summed E-state index contributed by atoms with van der Waals surface area (Å²) in [4.78, 5) is 22.3. The van der Waals surface area contributed by atoms with Gasteiger partial charge in [0, 0.05) is 13.3 Å². The highest BCUT2D eigenvalue weighted by Crippen LogP contribution is 2.18. The lowest BCUT2D eigenvalue weighted by Crippen LogP contribution is -2.29. The fraction of sp³-hybridized carbons (Fsp3) is 0.818. The Labute approximate surface area is 129 Å². The van der Waals surface area contributed by atoms with Gasteiger partial charge < -0.3 is 9.47 Å². The van der Waals surface area contributed by atoms with E-state index in [4.69, 9.17) is 21.1 Å². The van der Waals surface area contributed by atoms with Crippen LogP contribution >= 0.6 is 43.5 Å². The van der Waals surface area contributed by atoms with Crippen LogP contribution in [0.4, 0.5) is 0 Å². The van der Waals surface area contributed by atoms with Crippen molar-refractivity contribution in [1.29, 1.82) is 0 Å². The second kappa shape index (κ2) is 10.0. The molecule has 0 aliphatic carbocycles. The van der Waals surface area contributed by atoms with Crippen LogP contribution in [0.15, 0.2) is 0 Å². The quantitative estimate of drug-likeness (QED) is 0.456.